The van der Waals surface area contributed by atoms with Crippen molar-refractivity contribution in [2.24, 2.45) is 0 Å². The third-order valence-corrected chi connectivity index (χ3v) is 3.40. The van der Waals surface area contributed by atoms with Crippen LogP contribution in [-0.4, -0.2) is 21.6 Å². The predicted octanol–water partition coefficient (Wildman–Crippen LogP) is 1.49. The lowest BCUT2D eigenvalue weighted by Gasteiger charge is -2.13. The Kier molecular flexibility index (Phi) is 7.40. The largest absolute Gasteiger partial charge is 0.489 e. The lowest BCUT2D eigenvalue weighted by molar-refractivity contribution is 0.159. The molecule has 8 heteroatoms. The molecule has 0 heterocycles. The molecular formula is C6H15O6PS. The maximum absolute atomic E-state index is 11.5. The Labute approximate surface area is 85.3 Å². The Hall–Kier alpha value is 0.0600. The Morgan fingerprint density at radius 2 is 1.50 bits per heavy atom. The molecule has 0 spiro atoms. The van der Waals surface area contributed by atoms with E-state index in [0.717, 1.165) is 0 Å². The molecular weight excluding hydrogens is 231 g/mol. The van der Waals surface area contributed by atoms with Gasteiger partial charge in [0.15, 0.2) is 0 Å². The molecule has 0 fully saturated rings. The second-order valence-electron chi connectivity index (χ2n) is 2.42. The molecule has 0 radical (unpaired) electrons. The van der Waals surface area contributed by atoms with E-state index in [2.05, 4.69) is 3.97 Å². The summed E-state index contributed by atoms with van der Waals surface area (Å²) in [5.41, 5.74) is 0. The van der Waals surface area contributed by atoms with Crippen molar-refractivity contribution in [1.82, 2.24) is 0 Å². The minimum atomic E-state index is -3.90. The van der Waals surface area contributed by atoms with Gasteiger partial charge in [0.25, 0.3) is 11.0 Å². The minimum Gasteiger partial charge on any atom is -0.286 e. The van der Waals surface area contributed by atoms with Gasteiger partial charge in [-0.15, -0.1) is 0 Å². The molecule has 6 nitrogen and oxygen atoms in total. The minimum absolute atomic E-state index is 0.129. The third-order valence-electron chi connectivity index (χ3n) is 1.07. The molecule has 0 amide bonds. The smallest absolute Gasteiger partial charge is 0.286 e. The summed E-state index contributed by atoms with van der Waals surface area (Å²) in [5, 5.41) is 0. The van der Waals surface area contributed by atoms with E-state index in [4.69, 9.17) is 9.05 Å². The fraction of sp³-hybridized carbons (Fsp3) is 1.00. The van der Waals surface area contributed by atoms with Crippen LogP contribution in [0.4, 0.5) is 0 Å². The highest BCUT2D eigenvalue weighted by Gasteiger charge is 2.27. The number of hydrogen-bond donors (Lipinski definition) is 1. The van der Waals surface area contributed by atoms with E-state index in [1.54, 1.807) is 13.8 Å². The van der Waals surface area contributed by atoms with Gasteiger partial charge in [-0.1, -0.05) is 13.8 Å². The molecule has 0 saturated heterocycles. The summed E-state index contributed by atoms with van der Waals surface area (Å²) >= 11 is 0. The highest BCUT2D eigenvalue weighted by atomic mass is 32.2. The van der Waals surface area contributed by atoms with Gasteiger partial charge in [-0.2, -0.15) is 3.97 Å². The molecule has 0 aliphatic carbocycles. The predicted molar refractivity (Wildman–Crippen MR) is 51.5 cm³/mol. The van der Waals surface area contributed by atoms with Crippen molar-refractivity contribution >= 4 is 18.8 Å². The monoisotopic (exact) mass is 246 g/mol. The Morgan fingerprint density at radius 1 is 1.07 bits per heavy atom. The number of thiol groups is 1. The zero-order chi connectivity index (χ0) is 11.0. The first-order valence-corrected chi connectivity index (χ1v) is 6.83. The number of rotatable bonds is 8. The van der Waals surface area contributed by atoms with Crippen LogP contribution < -0.4 is 0 Å². The van der Waals surface area contributed by atoms with Crippen LogP contribution in [0.3, 0.4) is 0 Å². The zero-order valence-electron chi connectivity index (χ0n) is 8.17. The van der Waals surface area contributed by atoms with E-state index in [1.807, 2.05) is 0 Å². The molecule has 0 aliphatic heterocycles. The van der Waals surface area contributed by atoms with Crippen LogP contribution in [0.15, 0.2) is 0 Å². The zero-order valence-corrected chi connectivity index (χ0v) is 9.96. The average molecular weight is 246 g/mol. The van der Waals surface area contributed by atoms with Crippen molar-refractivity contribution in [1.29, 1.82) is 0 Å². The van der Waals surface area contributed by atoms with Crippen molar-refractivity contribution in [3.63, 3.8) is 0 Å². The van der Waals surface area contributed by atoms with Crippen molar-refractivity contribution in [2.75, 3.05) is 13.2 Å². The topological polar surface area (TPSA) is 78.9 Å². The van der Waals surface area contributed by atoms with Crippen molar-refractivity contribution in [2.45, 2.75) is 26.7 Å². The third kappa shape index (κ3) is 6.50. The molecule has 0 rings (SSSR count). The van der Waals surface area contributed by atoms with Crippen LogP contribution in [0.1, 0.15) is 26.7 Å². The summed E-state index contributed by atoms with van der Waals surface area (Å²) in [6.07, 6.45) is 1.19. The average Bonchev–Trinajstić information content (AvgIpc) is 2.11. The van der Waals surface area contributed by atoms with E-state index < -0.39 is 18.8 Å². The van der Waals surface area contributed by atoms with E-state index >= 15 is 0 Å². The van der Waals surface area contributed by atoms with Gasteiger partial charge in [0.1, 0.15) is 0 Å². The first-order chi connectivity index (χ1) is 6.54. The van der Waals surface area contributed by atoms with Crippen molar-refractivity contribution in [3.8, 4) is 0 Å². The van der Waals surface area contributed by atoms with Gasteiger partial charge >= 0.3 is 7.82 Å². The second kappa shape index (κ2) is 7.36. The molecule has 86 valence electrons. The van der Waals surface area contributed by atoms with E-state index in [-0.39, 0.29) is 13.2 Å². The summed E-state index contributed by atoms with van der Waals surface area (Å²) in [7, 11) is -7.14. The van der Waals surface area contributed by atoms with E-state index in [1.165, 1.54) is 0 Å². The lowest BCUT2D eigenvalue weighted by atomic mass is 10.5. The molecule has 0 N–H and O–H groups in total. The van der Waals surface area contributed by atoms with Gasteiger partial charge in [0, 0.05) is 0 Å². The first kappa shape index (κ1) is 14.1. The fourth-order valence-corrected chi connectivity index (χ4v) is 2.49. The van der Waals surface area contributed by atoms with Gasteiger partial charge in [0.05, 0.1) is 13.2 Å². The first-order valence-electron chi connectivity index (χ1n) is 4.27. The molecule has 0 aromatic heterocycles. The highest BCUT2D eigenvalue weighted by Crippen LogP contribution is 2.49. The highest BCUT2D eigenvalue weighted by molar-refractivity contribution is 7.74. The molecule has 0 atom stereocenters. The molecule has 0 aromatic carbocycles. The summed E-state index contributed by atoms with van der Waals surface area (Å²) in [6.45, 7) is 3.84. The van der Waals surface area contributed by atoms with Crippen molar-refractivity contribution < 1.29 is 26.0 Å². The van der Waals surface area contributed by atoms with Crippen LogP contribution in [0, 0.1) is 0 Å². The normalized spacial score (nSPS) is 12.2. The maximum atomic E-state index is 11.5. The summed E-state index contributed by atoms with van der Waals surface area (Å²) < 4.78 is 45.5. The molecule has 14 heavy (non-hydrogen) atoms. The van der Waals surface area contributed by atoms with Gasteiger partial charge < -0.3 is 0 Å². The fourth-order valence-electron chi connectivity index (χ4n) is 0.572. The van der Waals surface area contributed by atoms with Crippen LogP contribution in [0.5, 0.6) is 0 Å². The van der Waals surface area contributed by atoms with Crippen LogP contribution in [0.2, 0.25) is 0 Å². The molecule has 0 bridgehead atoms. The standard InChI is InChI=1S/C6H15O6PS/c1-3-5-10-13(7,11-6-4-2)12-14(8)9/h14H,3-6H2,1-2H3. The molecule has 0 saturated carbocycles. The second-order valence-corrected chi connectivity index (χ2v) is 4.93. The van der Waals surface area contributed by atoms with Gasteiger partial charge in [-0.3, -0.25) is 9.05 Å². The molecule has 0 aromatic rings. The maximum Gasteiger partial charge on any atom is 0.489 e. The van der Waals surface area contributed by atoms with E-state index in [9.17, 15) is 13.0 Å². The molecule has 0 aliphatic rings. The number of phosphoric ester groups is 1. The van der Waals surface area contributed by atoms with Crippen LogP contribution in [0.25, 0.3) is 0 Å². The van der Waals surface area contributed by atoms with Crippen LogP contribution >= 0.6 is 7.82 Å². The lowest BCUT2D eigenvalue weighted by Crippen LogP contribution is -2.01. The molecule has 0 unspecified atom stereocenters. The van der Waals surface area contributed by atoms with E-state index in [0.29, 0.717) is 12.8 Å². The quantitative estimate of drug-likeness (QED) is 0.516. The Balaban J connectivity index is 4.25. The van der Waals surface area contributed by atoms with Crippen molar-refractivity contribution in [3.05, 3.63) is 0 Å². The SMILES string of the molecule is CCCOP(=O)(OCCC)O[SH](=O)=O. The van der Waals surface area contributed by atoms with Gasteiger partial charge in [-0.05, 0) is 12.8 Å². The van der Waals surface area contributed by atoms with Crippen LogP contribution in [-0.2, 0) is 28.6 Å². The van der Waals surface area contributed by atoms with Gasteiger partial charge in [-0.25, -0.2) is 13.0 Å². The number of phosphoric acid groups is 1. The Bertz CT molecular complexity index is 243. The number of hydrogen-bond acceptors (Lipinski definition) is 6. The Morgan fingerprint density at radius 3 is 1.79 bits per heavy atom. The summed E-state index contributed by atoms with van der Waals surface area (Å²) in [5.74, 6) is 0. The van der Waals surface area contributed by atoms with Gasteiger partial charge in [0.2, 0.25) is 0 Å². The summed E-state index contributed by atoms with van der Waals surface area (Å²) in [6, 6.07) is 0. The summed E-state index contributed by atoms with van der Waals surface area (Å²) in [4.78, 5) is 0.